The number of carbonyl (C=O) groups excluding carboxylic acids is 1. The number of halogens is 1. The number of ether oxygens (including phenoxy) is 3. The lowest BCUT2D eigenvalue weighted by molar-refractivity contribution is -0.112. The Bertz CT molecular complexity index is 1500. The van der Waals surface area contributed by atoms with Crippen LogP contribution in [0.4, 0.5) is 5.69 Å². The van der Waals surface area contributed by atoms with Crippen molar-refractivity contribution in [2.75, 3.05) is 26.6 Å². The van der Waals surface area contributed by atoms with Crippen molar-refractivity contribution >= 4 is 29.3 Å². The Morgan fingerprint density at radius 2 is 1.68 bits per heavy atom. The predicted molar refractivity (Wildman–Crippen MR) is 147 cm³/mol. The van der Waals surface area contributed by atoms with E-state index in [4.69, 9.17) is 30.9 Å². The first kappa shape index (κ1) is 26.3. The Balaban J connectivity index is 1.69. The van der Waals surface area contributed by atoms with E-state index in [9.17, 15) is 10.1 Å². The van der Waals surface area contributed by atoms with Gasteiger partial charge in [-0.2, -0.15) is 10.4 Å². The fourth-order valence-corrected chi connectivity index (χ4v) is 3.90. The van der Waals surface area contributed by atoms with Crippen LogP contribution in [0.1, 0.15) is 11.1 Å². The van der Waals surface area contributed by atoms with Gasteiger partial charge in [0.15, 0.2) is 0 Å². The number of benzene rings is 3. The van der Waals surface area contributed by atoms with Crippen LogP contribution in [-0.4, -0.2) is 37.0 Å². The van der Waals surface area contributed by atoms with Gasteiger partial charge in [0.05, 0.1) is 39.3 Å². The fourth-order valence-electron chi connectivity index (χ4n) is 3.77. The number of anilines is 1. The third kappa shape index (κ3) is 6.14. The summed E-state index contributed by atoms with van der Waals surface area (Å²) in [6, 6.07) is 21.9. The SMILES string of the molecule is COc1ccc(-c2nn(Cc3ccc(Cl)cc3)cc2C=C(C#N)C(=O)Nc2ccc(OC)cc2OC)cc1. The lowest BCUT2D eigenvalue weighted by Gasteiger charge is -2.11. The maximum atomic E-state index is 13.1. The van der Waals surface area contributed by atoms with Crippen molar-refractivity contribution in [2.45, 2.75) is 6.54 Å². The van der Waals surface area contributed by atoms with Crippen LogP contribution >= 0.6 is 11.6 Å². The minimum absolute atomic E-state index is 0.0938. The van der Waals surface area contributed by atoms with E-state index in [0.717, 1.165) is 11.1 Å². The lowest BCUT2D eigenvalue weighted by atomic mass is 10.1. The van der Waals surface area contributed by atoms with E-state index in [1.54, 1.807) is 36.2 Å². The number of aromatic nitrogens is 2. The van der Waals surface area contributed by atoms with Gasteiger partial charge in [-0.1, -0.05) is 23.7 Å². The monoisotopic (exact) mass is 528 g/mol. The zero-order valence-electron chi connectivity index (χ0n) is 21.1. The van der Waals surface area contributed by atoms with Gasteiger partial charge >= 0.3 is 0 Å². The third-order valence-electron chi connectivity index (χ3n) is 5.73. The largest absolute Gasteiger partial charge is 0.497 e. The third-order valence-corrected chi connectivity index (χ3v) is 5.99. The summed E-state index contributed by atoms with van der Waals surface area (Å²) in [5, 5.41) is 18.0. The Morgan fingerprint density at radius 3 is 2.32 bits per heavy atom. The molecule has 0 saturated carbocycles. The van der Waals surface area contributed by atoms with Crippen molar-refractivity contribution in [2.24, 2.45) is 0 Å². The van der Waals surface area contributed by atoms with Gasteiger partial charge in [0.2, 0.25) is 0 Å². The zero-order chi connectivity index (χ0) is 27.1. The van der Waals surface area contributed by atoms with Crippen molar-refractivity contribution < 1.29 is 19.0 Å². The van der Waals surface area contributed by atoms with E-state index >= 15 is 0 Å². The van der Waals surface area contributed by atoms with Crippen LogP contribution in [0.5, 0.6) is 17.2 Å². The minimum Gasteiger partial charge on any atom is -0.497 e. The van der Waals surface area contributed by atoms with Crippen molar-refractivity contribution in [1.82, 2.24) is 9.78 Å². The molecule has 1 heterocycles. The van der Waals surface area contributed by atoms with Gasteiger partial charge in [-0.25, -0.2) is 0 Å². The molecule has 1 N–H and O–H groups in total. The van der Waals surface area contributed by atoms with Gasteiger partial charge in [-0.3, -0.25) is 9.48 Å². The summed E-state index contributed by atoms with van der Waals surface area (Å²) in [6.07, 6.45) is 3.32. The van der Waals surface area contributed by atoms with Crippen molar-refractivity contribution in [3.8, 4) is 34.6 Å². The molecule has 38 heavy (non-hydrogen) atoms. The summed E-state index contributed by atoms with van der Waals surface area (Å²) in [6.45, 7) is 0.477. The molecule has 0 unspecified atom stereocenters. The molecule has 8 nitrogen and oxygen atoms in total. The predicted octanol–water partition coefficient (Wildman–Crippen LogP) is 5.82. The highest BCUT2D eigenvalue weighted by Crippen LogP contribution is 2.30. The molecule has 4 rings (SSSR count). The summed E-state index contributed by atoms with van der Waals surface area (Å²) in [5.74, 6) is 1.11. The Labute approximate surface area is 225 Å². The van der Waals surface area contributed by atoms with Gasteiger partial charge in [0.1, 0.15) is 28.9 Å². The molecule has 0 aliphatic heterocycles. The first-order valence-corrected chi connectivity index (χ1v) is 11.9. The number of hydrogen-bond donors (Lipinski definition) is 1. The van der Waals surface area contributed by atoms with Crippen LogP contribution in [0.25, 0.3) is 17.3 Å². The smallest absolute Gasteiger partial charge is 0.266 e. The molecule has 0 atom stereocenters. The maximum absolute atomic E-state index is 13.1. The Morgan fingerprint density at radius 1 is 1.00 bits per heavy atom. The summed E-state index contributed by atoms with van der Waals surface area (Å²) in [7, 11) is 4.62. The van der Waals surface area contributed by atoms with E-state index < -0.39 is 5.91 Å². The van der Waals surface area contributed by atoms with Gasteiger partial charge in [-0.05, 0) is 60.2 Å². The second-order valence-corrected chi connectivity index (χ2v) is 8.61. The molecular weight excluding hydrogens is 504 g/mol. The molecule has 0 radical (unpaired) electrons. The van der Waals surface area contributed by atoms with Gasteiger partial charge in [-0.15, -0.1) is 0 Å². The normalized spacial score (nSPS) is 11.0. The van der Waals surface area contributed by atoms with Crippen LogP contribution in [0.15, 0.2) is 78.5 Å². The molecule has 0 saturated heterocycles. The van der Waals surface area contributed by atoms with Crippen LogP contribution in [-0.2, 0) is 11.3 Å². The van der Waals surface area contributed by atoms with Crippen LogP contribution in [0.3, 0.4) is 0 Å². The molecule has 0 spiro atoms. The molecule has 0 aliphatic carbocycles. The first-order chi connectivity index (χ1) is 18.4. The summed E-state index contributed by atoms with van der Waals surface area (Å²) in [4.78, 5) is 13.1. The molecule has 3 aromatic carbocycles. The van der Waals surface area contributed by atoms with Gasteiger partial charge < -0.3 is 19.5 Å². The molecule has 1 amide bonds. The van der Waals surface area contributed by atoms with E-state index in [0.29, 0.717) is 45.8 Å². The molecule has 1 aromatic heterocycles. The molecule has 4 aromatic rings. The highest BCUT2D eigenvalue weighted by molar-refractivity contribution is 6.30. The Kier molecular flexibility index (Phi) is 8.31. The zero-order valence-corrected chi connectivity index (χ0v) is 21.8. The highest BCUT2D eigenvalue weighted by atomic mass is 35.5. The molecule has 192 valence electrons. The van der Waals surface area contributed by atoms with E-state index in [-0.39, 0.29) is 5.57 Å². The second kappa shape index (κ2) is 12.0. The van der Waals surface area contributed by atoms with Crippen LogP contribution in [0, 0.1) is 11.3 Å². The van der Waals surface area contributed by atoms with Gasteiger partial charge in [0, 0.05) is 28.4 Å². The number of carbonyl (C=O) groups is 1. The van der Waals surface area contributed by atoms with Crippen molar-refractivity contribution in [3.05, 3.63) is 94.6 Å². The summed E-state index contributed by atoms with van der Waals surface area (Å²) < 4.78 is 17.6. The molecular formula is C29H25ClN4O4. The highest BCUT2D eigenvalue weighted by Gasteiger charge is 2.17. The molecule has 0 fully saturated rings. The number of hydrogen-bond acceptors (Lipinski definition) is 6. The van der Waals surface area contributed by atoms with Crippen molar-refractivity contribution in [1.29, 1.82) is 5.26 Å². The van der Waals surface area contributed by atoms with E-state index in [1.165, 1.54) is 20.3 Å². The quantitative estimate of drug-likeness (QED) is 0.217. The second-order valence-electron chi connectivity index (χ2n) is 8.18. The number of amides is 1. The molecule has 9 heteroatoms. The van der Waals surface area contributed by atoms with Crippen LogP contribution in [0.2, 0.25) is 5.02 Å². The average Bonchev–Trinajstić information content (AvgIpc) is 3.35. The maximum Gasteiger partial charge on any atom is 0.266 e. The number of rotatable bonds is 9. The van der Waals surface area contributed by atoms with Gasteiger partial charge in [0.25, 0.3) is 5.91 Å². The number of methoxy groups -OCH3 is 3. The lowest BCUT2D eigenvalue weighted by Crippen LogP contribution is -2.14. The fraction of sp³-hybridized carbons (Fsp3) is 0.138. The standard InChI is InChI=1S/C29H25ClN4O4/c1-36-24-10-6-20(7-11-24)28-22(18-34(33-28)17-19-4-8-23(30)9-5-19)14-21(16-31)29(35)32-26-13-12-25(37-2)15-27(26)38-3/h4-15,18H,17H2,1-3H3,(H,32,35). The molecule has 0 bridgehead atoms. The topological polar surface area (TPSA) is 98.4 Å². The van der Waals surface area contributed by atoms with E-state index in [1.807, 2.05) is 54.6 Å². The number of nitrogens with zero attached hydrogens (tertiary/aromatic N) is 3. The number of nitrogens with one attached hydrogen (secondary N) is 1. The summed E-state index contributed by atoms with van der Waals surface area (Å²) in [5.41, 5.74) is 3.35. The Hall–Kier alpha value is -4.74. The minimum atomic E-state index is -0.581. The first-order valence-electron chi connectivity index (χ1n) is 11.6. The van der Waals surface area contributed by atoms with Crippen molar-refractivity contribution in [3.63, 3.8) is 0 Å². The summed E-state index contributed by atoms with van der Waals surface area (Å²) >= 11 is 6.02. The van der Waals surface area contributed by atoms with E-state index in [2.05, 4.69) is 5.32 Å². The molecule has 0 aliphatic rings. The number of nitriles is 1. The average molecular weight is 529 g/mol. The van der Waals surface area contributed by atoms with Crippen LogP contribution < -0.4 is 19.5 Å².